The van der Waals surface area contributed by atoms with E-state index in [-0.39, 0.29) is 5.41 Å². The lowest BCUT2D eigenvalue weighted by Crippen LogP contribution is -2.38. The first-order valence-electron chi connectivity index (χ1n) is 7.57. The summed E-state index contributed by atoms with van der Waals surface area (Å²) in [4.78, 5) is 13.5. The average molecular weight is 287 g/mol. The van der Waals surface area contributed by atoms with Crippen LogP contribution < -0.4 is 9.80 Å². The van der Waals surface area contributed by atoms with Gasteiger partial charge in [0.15, 0.2) is 0 Å². The zero-order valence-corrected chi connectivity index (χ0v) is 13.7. The van der Waals surface area contributed by atoms with Crippen LogP contribution in [0, 0.1) is 16.7 Å². The van der Waals surface area contributed by atoms with E-state index in [1.807, 2.05) is 19.0 Å². The van der Waals surface area contributed by atoms with Crippen molar-refractivity contribution in [1.29, 1.82) is 5.26 Å². The minimum atomic E-state index is -0.186. The first-order chi connectivity index (χ1) is 9.84. The van der Waals surface area contributed by atoms with Crippen molar-refractivity contribution in [3.05, 3.63) is 11.8 Å². The molecule has 0 atom stereocenters. The van der Waals surface area contributed by atoms with Gasteiger partial charge in [0.2, 0.25) is 5.95 Å². The molecule has 2 heterocycles. The molecule has 0 N–H and O–H groups in total. The molecule has 0 radical (unpaired) electrons. The predicted octanol–water partition coefficient (Wildman–Crippen LogP) is 2.80. The molecule has 0 aliphatic carbocycles. The molecule has 0 saturated carbocycles. The van der Waals surface area contributed by atoms with Crippen molar-refractivity contribution in [2.24, 2.45) is 5.41 Å². The van der Waals surface area contributed by atoms with Crippen LogP contribution in [0.5, 0.6) is 0 Å². The van der Waals surface area contributed by atoms with Gasteiger partial charge in [0.1, 0.15) is 5.82 Å². The highest BCUT2D eigenvalue weighted by molar-refractivity contribution is 5.46. The summed E-state index contributed by atoms with van der Waals surface area (Å²) in [5, 5.41) is 9.24. The Balaban J connectivity index is 2.26. The van der Waals surface area contributed by atoms with Crippen molar-refractivity contribution in [2.75, 3.05) is 37.0 Å². The summed E-state index contributed by atoms with van der Waals surface area (Å²) in [5.41, 5.74) is 0.881. The summed E-state index contributed by atoms with van der Waals surface area (Å²) in [6.45, 7) is 8.11. The predicted molar refractivity (Wildman–Crippen MR) is 85.6 cm³/mol. The molecule has 1 fully saturated rings. The van der Waals surface area contributed by atoms with Gasteiger partial charge < -0.3 is 9.80 Å². The monoisotopic (exact) mass is 287 g/mol. The molecular formula is C16H25N5. The minimum Gasteiger partial charge on any atom is -0.356 e. The van der Waals surface area contributed by atoms with Gasteiger partial charge in [-0.3, -0.25) is 0 Å². The van der Waals surface area contributed by atoms with E-state index >= 15 is 0 Å². The summed E-state index contributed by atoms with van der Waals surface area (Å²) in [7, 11) is 3.93. The quantitative estimate of drug-likeness (QED) is 0.855. The number of aromatic nitrogens is 2. The lowest BCUT2D eigenvalue weighted by Gasteiger charge is -2.36. The standard InChI is InChI=1S/C16H25N5/c1-12(2)13-10-14(19-15(18-13)20(4)5)21-8-6-16(3,11-17)7-9-21/h10,12H,6-9H2,1-5H3. The van der Waals surface area contributed by atoms with Crippen molar-refractivity contribution >= 4 is 11.8 Å². The number of hydrogen-bond donors (Lipinski definition) is 0. The molecule has 0 bridgehead atoms. The van der Waals surface area contributed by atoms with Crippen LogP contribution in [0.4, 0.5) is 11.8 Å². The molecule has 1 aliphatic heterocycles. The number of anilines is 2. The fraction of sp³-hybridized carbons (Fsp3) is 0.688. The van der Waals surface area contributed by atoms with Crippen molar-refractivity contribution in [2.45, 2.75) is 39.5 Å². The Morgan fingerprint density at radius 1 is 1.29 bits per heavy atom. The van der Waals surface area contributed by atoms with Gasteiger partial charge in [0.25, 0.3) is 0 Å². The minimum absolute atomic E-state index is 0.186. The van der Waals surface area contributed by atoms with E-state index in [1.165, 1.54) is 0 Å². The van der Waals surface area contributed by atoms with E-state index in [2.05, 4.69) is 47.8 Å². The van der Waals surface area contributed by atoms with Crippen LogP contribution in [0.3, 0.4) is 0 Å². The summed E-state index contributed by atoms with van der Waals surface area (Å²) in [5.74, 6) is 2.11. The maximum absolute atomic E-state index is 9.24. The van der Waals surface area contributed by atoms with Gasteiger partial charge in [-0.05, 0) is 25.7 Å². The lowest BCUT2D eigenvalue weighted by molar-refractivity contribution is 0.336. The van der Waals surface area contributed by atoms with Crippen molar-refractivity contribution in [1.82, 2.24) is 9.97 Å². The average Bonchev–Trinajstić information content (AvgIpc) is 2.47. The Labute approximate surface area is 127 Å². The third kappa shape index (κ3) is 3.44. The number of piperidine rings is 1. The van der Waals surface area contributed by atoms with E-state index in [0.29, 0.717) is 5.92 Å². The normalized spacial score (nSPS) is 17.7. The van der Waals surface area contributed by atoms with Crippen LogP contribution in [0.25, 0.3) is 0 Å². The fourth-order valence-corrected chi connectivity index (χ4v) is 2.44. The second-order valence-corrected chi connectivity index (χ2v) is 6.66. The number of nitriles is 1. The molecule has 0 unspecified atom stereocenters. The van der Waals surface area contributed by atoms with Gasteiger partial charge in [-0.25, -0.2) is 4.98 Å². The summed E-state index contributed by atoms with van der Waals surface area (Å²) < 4.78 is 0. The molecule has 5 heteroatoms. The molecule has 0 spiro atoms. The SMILES string of the molecule is CC(C)c1cc(N2CCC(C)(C#N)CC2)nc(N(C)C)n1. The van der Waals surface area contributed by atoms with Gasteiger partial charge in [-0.2, -0.15) is 10.2 Å². The van der Waals surface area contributed by atoms with Crippen LogP contribution in [0.1, 0.15) is 45.2 Å². The molecule has 114 valence electrons. The third-order valence-corrected chi connectivity index (χ3v) is 4.17. The molecule has 1 aromatic heterocycles. The molecule has 0 aromatic carbocycles. The Morgan fingerprint density at radius 2 is 1.90 bits per heavy atom. The number of rotatable bonds is 3. The van der Waals surface area contributed by atoms with Crippen molar-refractivity contribution < 1.29 is 0 Å². The van der Waals surface area contributed by atoms with E-state index in [9.17, 15) is 5.26 Å². The van der Waals surface area contributed by atoms with Crippen LogP contribution >= 0.6 is 0 Å². The summed E-state index contributed by atoms with van der Waals surface area (Å²) in [6.07, 6.45) is 1.78. The first kappa shape index (κ1) is 15.6. The van der Waals surface area contributed by atoms with Gasteiger partial charge >= 0.3 is 0 Å². The highest BCUT2D eigenvalue weighted by atomic mass is 15.3. The topological polar surface area (TPSA) is 56.1 Å². The van der Waals surface area contributed by atoms with Crippen LogP contribution in [-0.4, -0.2) is 37.2 Å². The zero-order valence-electron chi connectivity index (χ0n) is 13.7. The second kappa shape index (κ2) is 5.88. The molecule has 1 aromatic rings. The molecule has 5 nitrogen and oxygen atoms in total. The van der Waals surface area contributed by atoms with Gasteiger partial charge in [-0.15, -0.1) is 0 Å². The highest BCUT2D eigenvalue weighted by Crippen LogP contribution is 2.32. The van der Waals surface area contributed by atoms with Crippen molar-refractivity contribution in [3.63, 3.8) is 0 Å². The second-order valence-electron chi connectivity index (χ2n) is 6.66. The summed E-state index contributed by atoms with van der Waals surface area (Å²) in [6, 6.07) is 4.53. The largest absolute Gasteiger partial charge is 0.356 e. The number of nitrogens with zero attached hydrogens (tertiary/aromatic N) is 5. The van der Waals surface area contributed by atoms with Gasteiger partial charge in [0.05, 0.1) is 17.2 Å². The van der Waals surface area contributed by atoms with Gasteiger partial charge in [0, 0.05) is 33.3 Å². The highest BCUT2D eigenvalue weighted by Gasteiger charge is 2.30. The van der Waals surface area contributed by atoms with E-state index in [0.717, 1.165) is 43.4 Å². The van der Waals surface area contributed by atoms with Crippen molar-refractivity contribution in [3.8, 4) is 6.07 Å². The van der Waals surface area contributed by atoms with Crippen LogP contribution in [0.15, 0.2) is 6.07 Å². The van der Waals surface area contributed by atoms with E-state index in [4.69, 9.17) is 0 Å². The maximum Gasteiger partial charge on any atom is 0.227 e. The van der Waals surface area contributed by atoms with Crippen LogP contribution in [0.2, 0.25) is 0 Å². The lowest BCUT2D eigenvalue weighted by atomic mass is 9.82. The molecule has 2 rings (SSSR count). The molecular weight excluding hydrogens is 262 g/mol. The third-order valence-electron chi connectivity index (χ3n) is 4.17. The van der Waals surface area contributed by atoms with Crippen LogP contribution in [-0.2, 0) is 0 Å². The zero-order chi connectivity index (χ0) is 15.6. The van der Waals surface area contributed by atoms with Gasteiger partial charge in [-0.1, -0.05) is 13.8 Å². The molecule has 1 saturated heterocycles. The molecule has 1 aliphatic rings. The Hall–Kier alpha value is -1.83. The fourth-order valence-electron chi connectivity index (χ4n) is 2.44. The Kier molecular flexibility index (Phi) is 4.36. The maximum atomic E-state index is 9.24. The van der Waals surface area contributed by atoms with E-state index in [1.54, 1.807) is 0 Å². The molecule has 21 heavy (non-hydrogen) atoms. The number of hydrogen-bond acceptors (Lipinski definition) is 5. The Morgan fingerprint density at radius 3 is 2.38 bits per heavy atom. The molecule has 0 amide bonds. The first-order valence-corrected chi connectivity index (χ1v) is 7.57. The van der Waals surface area contributed by atoms with E-state index < -0.39 is 0 Å². The Bertz CT molecular complexity index is 510. The smallest absolute Gasteiger partial charge is 0.227 e. The summed E-state index contributed by atoms with van der Waals surface area (Å²) >= 11 is 0.